The van der Waals surface area contributed by atoms with E-state index in [1.807, 2.05) is 37.3 Å². The molecule has 0 fully saturated rings. The Morgan fingerprint density at radius 3 is 2.62 bits per heavy atom. The highest BCUT2D eigenvalue weighted by Gasteiger charge is 2.04. The Bertz CT molecular complexity index is 272. The van der Waals surface area contributed by atoms with E-state index in [0.29, 0.717) is 0 Å². The van der Waals surface area contributed by atoms with Gasteiger partial charge in [-0.1, -0.05) is 30.3 Å². The third-order valence-electron chi connectivity index (χ3n) is 1.86. The van der Waals surface area contributed by atoms with E-state index in [-0.39, 0.29) is 12.6 Å². The number of carbonyl (C=O) groups is 1. The molecular formula is C10H13NO2. The van der Waals surface area contributed by atoms with Crippen LogP contribution in [0.1, 0.15) is 18.5 Å². The molecule has 0 radical (unpaired) electrons. The summed E-state index contributed by atoms with van der Waals surface area (Å²) >= 11 is 0. The zero-order chi connectivity index (χ0) is 9.68. The second-order valence-electron chi connectivity index (χ2n) is 2.91. The molecule has 1 aromatic rings. The predicted molar refractivity (Wildman–Crippen MR) is 50.5 cm³/mol. The summed E-state index contributed by atoms with van der Waals surface area (Å²) in [4.78, 5) is 10.3. The number of hydrogen-bond acceptors (Lipinski definition) is 2. The molecule has 0 spiro atoms. The van der Waals surface area contributed by atoms with E-state index in [9.17, 15) is 4.79 Å². The molecule has 2 N–H and O–H groups in total. The van der Waals surface area contributed by atoms with Crippen molar-refractivity contribution in [2.24, 2.45) is 0 Å². The monoisotopic (exact) mass is 179 g/mol. The average Bonchev–Trinajstić information content (AvgIpc) is 2.15. The first-order chi connectivity index (χ1) is 6.20. The van der Waals surface area contributed by atoms with Gasteiger partial charge in [-0.15, -0.1) is 0 Å². The number of carboxylic acid groups (broad SMARTS) is 1. The lowest BCUT2D eigenvalue weighted by atomic mass is 10.1. The maximum Gasteiger partial charge on any atom is 0.317 e. The molecule has 0 heterocycles. The highest BCUT2D eigenvalue weighted by Crippen LogP contribution is 2.09. The molecule has 0 saturated carbocycles. The standard InChI is InChI=1S/C10H13NO2/c1-8(11-7-10(12)13)9-5-3-2-4-6-9/h2-6,8,11H,7H2,1H3,(H,12,13)/t8-/m0/s1. The molecule has 1 aromatic carbocycles. The van der Waals surface area contributed by atoms with Gasteiger partial charge in [0.2, 0.25) is 0 Å². The normalized spacial score (nSPS) is 12.4. The van der Waals surface area contributed by atoms with Crippen molar-refractivity contribution in [3.05, 3.63) is 35.9 Å². The summed E-state index contributed by atoms with van der Waals surface area (Å²) in [5.41, 5.74) is 1.10. The lowest BCUT2D eigenvalue weighted by molar-refractivity contribution is -0.136. The van der Waals surface area contributed by atoms with Gasteiger partial charge in [-0.25, -0.2) is 0 Å². The van der Waals surface area contributed by atoms with Crippen LogP contribution < -0.4 is 5.32 Å². The van der Waals surface area contributed by atoms with Gasteiger partial charge in [-0.2, -0.15) is 0 Å². The van der Waals surface area contributed by atoms with E-state index >= 15 is 0 Å². The fourth-order valence-corrected chi connectivity index (χ4v) is 1.10. The Kier molecular flexibility index (Phi) is 3.46. The highest BCUT2D eigenvalue weighted by molar-refractivity contribution is 5.69. The van der Waals surface area contributed by atoms with Crippen molar-refractivity contribution in [3.63, 3.8) is 0 Å². The van der Waals surface area contributed by atoms with Crippen LogP contribution in [0, 0.1) is 0 Å². The van der Waals surface area contributed by atoms with Crippen molar-refractivity contribution < 1.29 is 9.90 Å². The number of aliphatic carboxylic acids is 1. The quantitative estimate of drug-likeness (QED) is 0.735. The Hall–Kier alpha value is -1.35. The lowest BCUT2D eigenvalue weighted by Gasteiger charge is -2.11. The topological polar surface area (TPSA) is 49.3 Å². The molecule has 0 bridgehead atoms. The molecule has 1 atom stereocenters. The van der Waals surface area contributed by atoms with E-state index in [0.717, 1.165) is 5.56 Å². The summed E-state index contributed by atoms with van der Waals surface area (Å²) in [7, 11) is 0. The minimum absolute atomic E-state index is 0.00391. The summed E-state index contributed by atoms with van der Waals surface area (Å²) in [6, 6.07) is 9.84. The van der Waals surface area contributed by atoms with Gasteiger partial charge in [-0.05, 0) is 12.5 Å². The van der Waals surface area contributed by atoms with E-state index < -0.39 is 5.97 Å². The summed E-state index contributed by atoms with van der Waals surface area (Å²) in [6.45, 7) is 1.94. The van der Waals surface area contributed by atoms with E-state index in [1.54, 1.807) is 0 Å². The number of rotatable bonds is 4. The molecule has 0 aromatic heterocycles. The summed E-state index contributed by atoms with van der Waals surface area (Å²) in [6.07, 6.45) is 0. The molecule has 1 rings (SSSR count). The number of hydrogen-bond donors (Lipinski definition) is 2. The lowest BCUT2D eigenvalue weighted by Crippen LogP contribution is -2.25. The molecule has 0 unspecified atom stereocenters. The van der Waals surface area contributed by atoms with Crippen molar-refractivity contribution in [1.29, 1.82) is 0 Å². The Morgan fingerprint density at radius 2 is 2.08 bits per heavy atom. The summed E-state index contributed by atoms with van der Waals surface area (Å²) in [5.74, 6) is -0.831. The van der Waals surface area contributed by atoms with Gasteiger partial charge < -0.3 is 10.4 Å². The summed E-state index contributed by atoms with van der Waals surface area (Å²) < 4.78 is 0. The van der Waals surface area contributed by atoms with Crippen molar-refractivity contribution in [2.75, 3.05) is 6.54 Å². The second-order valence-corrected chi connectivity index (χ2v) is 2.91. The van der Waals surface area contributed by atoms with Crippen molar-refractivity contribution >= 4 is 5.97 Å². The van der Waals surface area contributed by atoms with Gasteiger partial charge in [0.15, 0.2) is 0 Å². The molecular weight excluding hydrogens is 166 g/mol. The van der Waals surface area contributed by atoms with Crippen molar-refractivity contribution in [2.45, 2.75) is 13.0 Å². The minimum atomic E-state index is -0.831. The zero-order valence-corrected chi connectivity index (χ0v) is 7.53. The van der Waals surface area contributed by atoms with Crippen LogP contribution in [0.3, 0.4) is 0 Å². The van der Waals surface area contributed by atoms with Gasteiger partial charge >= 0.3 is 5.97 Å². The molecule has 0 aliphatic heterocycles. The maximum absolute atomic E-state index is 10.3. The highest BCUT2D eigenvalue weighted by atomic mass is 16.4. The predicted octanol–water partition coefficient (Wildman–Crippen LogP) is 1.42. The first-order valence-electron chi connectivity index (χ1n) is 4.20. The van der Waals surface area contributed by atoms with Gasteiger partial charge in [0.1, 0.15) is 0 Å². The van der Waals surface area contributed by atoms with Crippen molar-refractivity contribution in [3.8, 4) is 0 Å². The third kappa shape index (κ3) is 3.25. The first-order valence-corrected chi connectivity index (χ1v) is 4.20. The SMILES string of the molecule is C[C@H](NCC(=O)O)c1ccccc1. The first kappa shape index (κ1) is 9.74. The number of benzene rings is 1. The average molecular weight is 179 g/mol. The molecule has 70 valence electrons. The van der Waals surface area contributed by atoms with Crippen LogP contribution in [0.2, 0.25) is 0 Å². The van der Waals surface area contributed by atoms with E-state index in [2.05, 4.69) is 5.32 Å². The molecule has 0 saturated heterocycles. The molecule has 0 aliphatic carbocycles. The van der Waals surface area contributed by atoms with Crippen LogP contribution in [0.4, 0.5) is 0 Å². The maximum atomic E-state index is 10.3. The van der Waals surface area contributed by atoms with Gasteiger partial charge in [0.05, 0.1) is 6.54 Å². The van der Waals surface area contributed by atoms with Crippen LogP contribution in [-0.2, 0) is 4.79 Å². The molecule has 0 aliphatic rings. The van der Waals surface area contributed by atoms with E-state index in [4.69, 9.17) is 5.11 Å². The number of nitrogens with one attached hydrogen (secondary N) is 1. The fourth-order valence-electron chi connectivity index (χ4n) is 1.10. The zero-order valence-electron chi connectivity index (χ0n) is 7.53. The largest absolute Gasteiger partial charge is 0.480 e. The number of carboxylic acids is 1. The summed E-state index contributed by atoms with van der Waals surface area (Å²) in [5, 5.41) is 11.3. The third-order valence-corrected chi connectivity index (χ3v) is 1.86. The minimum Gasteiger partial charge on any atom is -0.480 e. The molecule has 13 heavy (non-hydrogen) atoms. The molecule has 3 nitrogen and oxygen atoms in total. The van der Waals surface area contributed by atoms with Crippen LogP contribution in [0.15, 0.2) is 30.3 Å². The van der Waals surface area contributed by atoms with Crippen LogP contribution >= 0.6 is 0 Å². The van der Waals surface area contributed by atoms with Gasteiger partial charge in [0, 0.05) is 6.04 Å². The van der Waals surface area contributed by atoms with Crippen LogP contribution in [0.25, 0.3) is 0 Å². The van der Waals surface area contributed by atoms with Crippen LogP contribution in [0.5, 0.6) is 0 Å². The van der Waals surface area contributed by atoms with E-state index in [1.165, 1.54) is 0 Å². The van der Waals surface area contributed by atoms with Gasteiger partial charge in [-0.3, -0.25) is 4.79 Å². The Morgan fingerprint density at radius 1 is 1.46 bits per heavy atom. The van der Waals surface area contributed by atoms with Crippen molar-refractivity contribution in [1.82, 2.24) is 5.32 Å². The Balaban J connectivity index is 2.49. The molecule has 3 heteroatoms. The Labute approximate surface area is 77.4 Å². The molecule has 0 amide bonds. The smallest absolute Gasteiger partial charge is 0.317 e. The second kappa shape index (κ2) is 4.62. The van der Waals surface area contributed by atoms with Gasteiger partial charge in [0.25, 0.3) is 0 Å². The van der Waals surface area contributed by atoms with Crippen LogP contribution in [-0.4, -0.2) is 17.6 Å². The fraction of sp³-hybridized carbons (Fsp3) is 0.300.